The highest BCUT2D eigenvalue weighted by Gasteiger charge is 2.43. The van der Waals surface area contributed by atoms with Gasteiger partial charge in [0.15, 0.2) is 0 Å². The zero-order chi connectivity index (χ0) is 15.6. The number of carboxylic acids is 1. The number of aliphatic carboxylic acids is 1. The summed E-state index contributed by atoms with van der Waals surface area (Å²) in [7, 11) is 0. The smallest absolute Gasteiger partial charge is 0.329 e. The highest BCUT2D eigenvalue weighted by molar-refractivity contribution is 5.99. The van der Waals surface area contributed by atoms with Crippen LogP contribution in [0.25, 0.3) is 0 Å². The molecule has 1 fully saturated rings. The van der Waals surface area contributed by atoms with Crippen molar-refractivity contribution in [3.05, 3.63) is 29.6 Å². The van der Waals surface area contributed by atoms with Crippen LogP contribution >= 0.6 is 0 Å². The van der Waals surface area contributed by atoms with E-state index in [0.29, 0.717) is 19.3 Å². The number of carbonyl (C=O) groups excluding carboxylic acids is 1. The van der Waals surface area contributed by atoms with Gasteiger partial charge in [0.05, 0.1) is 5.56 Å². The number of phenols is 1. The van der Waals surface area contributed by atoms with Crippen LogP contribution in [0.4, 0.5) is 4.39 Å². The monoisotopic (exact) mass is 295 g/mol. The number of benzene rings is 1. The Morgan fingerprint density at radius 1 is 1.43 bits per heavy atom. The molecule has 1 saturated carbocycles. The first-order valence-corrected chi connectivity index (χ1v) is 6.88. The lowest BCUT2D eigenvalue weighted by Gasteiger charge is -2.37. The third-order valence-corrected chi connectivity index (χ3v) is 3.96. The molecule has 3 N–H and O–H groups in total. The first-order valence-electron chi connectivity index (χ1n) is 6.88. The molecule has 2 atom stereocenters. The minimum atomic E-state index is -1.32. The first kappa shape index (κ1) is 15.3. The standard InChI is InChI=1S/C15H18FNO4/c1-9-3-2-6-15(8-9,14(20)21)17-13(19)11-5-4-10(16)7-12(11)18/h4-5,7,9,18H,2-3,6,8H2,1H3,(H,17,19)(H,20,21). The minimum absolute atomic E-state index is 0.129. The maximum Gasteiger partial charge on any atom is 0.329 e. The predicted molar refractivity (Wildman–Crippen MR) is 73.5 cm³/mol. The van der Waals surface area contributed by atoms with E-state index in [1.807, 2.05) is 6.92 Å². The molecule has 114 valence electrons. The molecule has 1 aromatic carbocycles. The van der Waals surface area contributed by atoms with E-state index in [2.05, 4.69) is 5.32 Å². The van der Waals surface area contributed by atoms with Gasteiger partial charge in [0.1, 0.15) is 17.1 Å². The van der Waals surface area contributed by atoms with E-state index in [-0.39, 0.29) is 11.5 Å². The van der Waals surface area contributed by atoms with Gasteiger partial charge in [0.25, 0.3) is 5.91 Å². The van der Waals surface area contributed by atoms with Crippen molar-refractivity contribution in [3.8, 4) is 5.75 Å². The summed E-state index contributed by atoms with van der Waals surface area (Å²) in [5.41, 5.74) is -1.45. The molecule has 0 radical (unpaired) electrons. The number of nitrogens with one attached hydrogen (secondary N) is 1. The number of halogens is 1. The second-order valence-corrected chi connectivity index (χ2v) is 5.70. The Labute approximate surface area is 121 Å². The highest BCUT2D eigenvalue weighted by atomic mass is 19.1. The van der Waals surface area contributed by atoms with Crippen LogP contribution in [0.1, 0.15) is 43.0 Å². The summed E-state index contributed by atoms with van der Waals surface area (Å²) in [5.74, 6) is -2.76. The summed E-state index contributed by atoms with van der Waals surface area (Å²) in [6, 6.07) is 3.01. The number of phenolic OH excluding ortho intramolecular Hbond substituents is 1. The Morgan fingerprint density at radius 2 is 2.14 bits per heavy atom. The molecular weight excluding hydrogens is 277 g/mol. The number of rotatable bonds is 3. The van der Waals surface area contributed by atoms with Crippen LogP contribution in [-0.2, 0) is 4.79 Å². The van der Waals surface area contributed by atoms with Gasteiger partial charge in [-0.05, 0) is 30.9 Å². The number of aromatic hydroxyl groups is 1. The number of carbonyl (C=O) groups is 2. The molecule has 0 bridgehead atoms. The van der Waals surface area contributed by atoms with E-state index < -0.39 is 29.0 Å². The van der Waals surface area contributed by atoms with Gasteiger partial charge in [-0.2, -0.15) is 0 Å². The van der Waals surface area contributed by atoms with E-state index in [1.54, 1.807) is 0 Å². The fraction of sp³-hybridized carbons (Fsp3) is 0.467. The molecule has 6 heteroatoms. The fourth-order valence-electron chi connectivity index (χ4n) is 2.89. The Balaban J connectivity index is 2.24. The van der Waals surface area contributed by atoms with Crippen LogP contribution in [0.2, 0.25) is 0 Å². The second kappa shape index (κ2) is 5.71. The maximum atomic E-state index is 12.9. The fourth-order valence-corrected chi connectivity index (χ4v) is 2.89. The van der Waals surface area contributed by atoms with Crippen molar-refractivity contribution < 1.29 is 24.2 Å². The molecule has 21 heavy (non-hydrogen) atoms. The summed E-state index contributed by atoms with van der Waals surface area (Å²) in [5, 5.41) is 21.6. The first-order chi connectivity index (χ1) is 9.84. The average molecular weight is 295 g/mol. The van der Waals surface area contributed by atoms with Gasteiger partial charge in [0.2, 0.25) is 0 Å². The molecule has 1 aliphatic carbocycles. The summed E-state index contributed by atoms with van der Waals surface area (Å²) in [6.07, 6.45) is 2.33. The number of hydrogen-bond acceptors (Lipinski definition) is 3. The normalized spacial score (nSPS) is 25.3. The summed E-state index contributed by atoms with van der Waals surface area (Å²) in [6.45, 7) is 1.94. The van der Waals surface area contributed by atoms with Gasteiger partial charge < -0.3 is 15.5 Å². The average Bonchev–Trinajstić information content (AvgIpc) is 2.38. The molecule has 0 heterocycles. The largest absolute Gasteiger partial charge is 0.507 e. The van der Waals surface area contributed by atoms with Crippen LogP contribution in [0.5, 0.6) is 5.75 Å². The van der Waals surface area contributed by atoms with E-state index in [0.717, 1.165) is 24.6 Å². The van der Waals surface area contributed by atoms with Crippen molar-refractivity contribution in [1.82, 2.24) is 5.32 Å². The molecule has 2 unspecified atom stereocenters. The topological polar surface area (TPSA) is 86.6 Å². The molecule has 5 nitrogen and oxygen atoms in total. The third kappa shape index (κ3) is 3.15. The molecule has 1 amide bonds. The van der Waals surface area contributed by atoms with Crippen LogP contribution in [0, 0.1) is 11.7 Å². The molecule has 1 aliphatic rings. The van der Waals surface area contributed by atoms with Crippen molar-refractivity contribution in [1.29, 1.82) is 0 Å². The van der Waals surface area contributed by atoms with Gasteiger partial charge >= 0.3 is 5.97 Å². The number of carboxylic acid groups (broad SMARTS) is 1. The quantitative estimate of drug-likeness (QED) is 0.798. The Bertz CT molecular complexity index is 575. The minimum Gasteiger partial charge on any atom is -0.507 e. The maximum absolute atomic E-state index is 12.9. The Hall–Kier alpha value is -2.11. The van der Waals surface area contributed by atoms with E-state index in [4.69, 9.17) is 0 Å². The van der Waals surface area contributed by atoms with Gasteiger partial charge in [-0.3, -0.25) is 4.79 Å². The summed E-state index contributed by atoms with van der Waals surface area (Å²) < 4.78 is 12.9. The zero-order valence-corrected chi connectivity index (χ0v) is 11.7. The van der Waals surface area contributed by atoms with Crippen molar-refractivity contribution in [2.75, 3.05) is 0 Å². The third-order valence-electron chi connectivity index (χ3n) is 3.96. The molecule has 1 aromatic rings. The Kier molecular flexibility index (Phi) is 4.16. The van der Waals surface area contributed by atoms with Crippen molar-refractivity contribution >= 4 is 11.9 Å². The SMILES string of the molecule is CC1CCCC(NC(=O)c2ccc(F)cc2O)(C(=O)O)C1. The van der Waals surface area contributed by atoms with Crippen LogP contribution in [0.3, 0.4) is 0 Å². The second-order valence-electron chi connectivity index (χ2n) is 5.70. The van der Waals surface area contributed by atoms with Gasteiger partial charge in [0, 0.05) is 6.07 Å². The van der Waals surface area contributed by atoms with E-state index in [1.165, 1.54) is 0 Å². The lowest BCUT2D eigenvalue weighted by molar-refractivity contribution is -0.146. The number of amides is 1. The van der Waals surface area contributed by atoms with Gasteiger partial charge in [-0.1, -0.05) is 19.8 Å². The summed E-state index contributed by atoms with van der Waals surface area (Å²) >= 11 is 0. The Morgan fingerprint density at radius 3 is 2.71 bits per heavy atom. The van der Waals surface area contributed by atoms with E-state index in [9.17, 15) is 24.2 Å². The van der Waals surface area contributed by atoms with Crippen molar-refractivity contribution in [3.63, 3.8) is 0 Å². The predicted octanol–water partition coefficient (Wildman–Crippen LogP) is 2.29. The van der Waals surface area contributed by atoms with E-state index >= 15 is 0 Å². The van der Waals surface area contributed by atoms with Crippen molar-refractivity contribution in [2.45, 2.75) is 38.1 Å². The van der Waals surface area contributed by atoms with Gasteiger partial charge in [-0.25, -0.2) is 9.18 Å². The number of hydrogen-bond donors (Lipinski definition) is 3. The van der Waals surface area contributed by atoms with Crippen LogP contribution < -0.4 is 5.32 Å². The molecular formula is C15H18FNO4. The molecule has 0 aliphatic heterocycles. The van der Waals surface area contributed by atoms with Crippen LogP contribution in [-0.4, -0.2) is 27.6 Å². The zero-order valence-electron chi connectivity index (χ0n) is 11.7. The van der Waals surface area contributed by atoms with Gasteiger partial charge in [-0.15, -0.1) is 0 Å². The molecule has 0 saturated heterocycles. The van der Waals surface area contributed by atoms with Crippen molar-refractivity contribution in [2.24, 2.45) is 5.92 Å². The molecule has 0 spiro atoms. The van der Waals surface area contributed by atoms with Crippen LogP contribution in [0.15, 0.2) is 18.2 Å². The lowest BCUT2D eigenvalue weighted by atomic mass is 9.76. The lowest BCUT2D eigenvalue weighted by Crippen LogP contribution is -2.56. The summed E-state index contributed by atoms with van der Waals surface area (Å²) in [4.78, 5) is 23.8. The highest BCUT2D eigenvalue weighted by Crippen LogP contribution is 2.33. The molecule has 2 rings (SSSR count). The molecule has 0 aromatic heterocycles.